The predicted octanol–water partition coefficient (Wildman–Crippen LogP) is 2.02. The summed E-state index contributed by atoms with van der Waals surface area (Å²) in [5.41, 5.74) is 0.535. The molecule has 0 bridgehead atoms. The average Bonchev–Trinajstić information content (AvgIpc) is 2.38. The number of hydrogen-bond acceptors (Lipinski definition) is 3. The minimum atomic E-state index is -0.260. The minimum Gasteiger partial charge on any atom is -0.399 e. The lowest BCUT2D eigenvalue weighted by Gasteiger charge is -2.32. The Morgan fingerprint density at radius 1 is 1.20 bits per heavy atom. The molecule has 0 spiro atoms. The van der Waals surface area contributed by atoms with Gasteiger partial charge in [-0.15, -0.1) is 0 Å². The molecule has 0 aromatic rings. The molecule has 0 aromatic heterocycles. The van der Waals surface area contributed by atoms with Gasteiger partial charge in [-0.2, -0.15) is 0 Å². The molecule has 0 saturated carbocycles. The molecule has 2 rings (SSSR count). The first kappa shape index (κ1) is 10.9. The molecule has 0 radical (unpaired) electrons. The van der Waals surface area contributed by atoms with E-state index in [9.17, 15) is 0 Å². The highest BCUT2D eigenvalue weighted by Gasteiger charge is 2.52. The summed E-state index contributed by atoms with van der Waals surface area (Å²) in [6.45, 7) is 9.13. The van der Waals surface area contributed by atoms with Gasteiger partial charge in [0.05, 0.1) is 11.2 Å². The summed E-state index contributed by atoms with van der Waals surface area (Å²) >= 11 is 0. The van der Waals surface area contributed by atoms with Crippen LogP contribution in [0.5, 0.6) is 0 Å². The van der Waals surface area contributed by atoms with Gasteiger partial charge >= 0.3 is 7.12 Å². The van der Waals surface area contributed by atoms with Crippen LogP contribution in [0.2, 0.25) is 0 Å². The van der Waals surface area contributed by atoms with E-state index in [-0.39, 0.29) is 18.3 Å². The van der Waals surface area contributed by atoms with Crippen LogP contribution in [0.3, 0.4) is 0 Å². The van der Waals surface area contributed by atoms with Crippen molar-refractivity contribution in [2.24, 2.45) is 4.99 Å². The fraction of sp³-hybridized carbons (Fsp3) is 0.727. The molecule has 0 amide bonds. The van der Waals surface area contributed by atoms with Gasteiger partial charge in [0.2, 0.25) is 0 Å². The van der Waals surface area contributed by atoms with Crippen molar-refractivity contribution in [3.8, 4) is 0 Å². The second-order valence-electron chi connectivity index (χ2n) is 5.12. The van der Waals surface area contributed by atoms with Crippen molar-refractivity contribution in [3.63, 3.8) is 0 Å². The zero-order valence-electron chi connectivity index (χ0n) is 9.91. The molecular weight excluding hydrogens is 189 g/mol. The summed E-state index contributed by atoms with van der Waals surface area (Å²) < 4.78 is 11.8. The number of hydrogen-bond donors (Lipinski definition) is 0. The molecule has 0 N–H and O–H groups in total. The van der Waals surface area contributed by atoms with Gasteiger partial charge in [0.15, 0.2) is 0 Å². The van der Waals surface area contributed by atoms with Gasteiger partial charge in [-0.05, 0) is 39.6 Å². The molecule has 15 heavy (non-hydrogen) atoms. The van der Waals surface area contributed by atoms with Crippen LogP contribution in [0.4, 0.5) is 0 Å². The third-order valence-electron chi connectivity index (χ3n) is 3.40. The van der Waals surface area contributed by atoms with E-state index in [4.69, 9.17) is 9.31 Å². The zero-order valence-corrected chi connectivity index (χ0v) is 9.91. The Hall–Kier alpha value is -0.605. The summed E-state index contributed by atoms with van der Waals surface area (Å²) in [4.78, 5) is 4.25. The minimum absolute atomic E-state index is 0.251. The summed E-state index contributed by atoms with van der Waals surface area (Å²) in [6, 6.07) is 0. The van der Waals surface area contributed by atoms with Crippen LogP contribution in [0.15, 0.2) is 16.5 Å². The van der Waals surface area contributed by atoms with E-state index in [1.54, 1.807) is 0 Å². The maximum Gasteiger partial charge on any atom is 0.496 e. The van der Waals surface area contributed by atoms with E-state index in [2.05, 4.69) is 38.8 Å². The molecule has 0 unspecified atom stereocenters. The van der Waals surface area contributed by atoms with Gasteiger partial charge in [0, 0.05) is 12.8 Å². The summed E-state index contributed by atoms with van der Waals surface area (Å²) in [6.07, 6.45) is 5.00. The van der Waals surface area contributed by atoms with Crippen molar-refractivity contribution in [1.29, 1.82) is 0 Å². The fourth-order valence-corrected chi connectivity index (χ4v) is 1.66. The van der Waals surface area contributed by atoms with E-state index in [1.807, 2.05) is 6.21 Å². The first-order valence-corrected chi connectivity index (χ1v) is 5.48. The van der Waals surface area contributed by atoms with Gasteiger partial charge < -0.3 is 9.31 Å². The molecule has 2 aliphatic heterocycles. The highest BCUT2D eigenvalue weighted by Crippen LogP contribution is 2.38. The van der Waals surface area contributed by atoms with Crippen molar-refractivity contribution in [2.75, 3.05) is 6.54 Å². The van der Waals surface area contributed by atoms with Gasteiger partial charge in [-0.3, -0.25) is 4.99 Å². The third kappa shape index (κ3) is 1.88. The van der Waals surface area contributed by atoms with Crippen LogP contribution >= 0.6 is 0 Å². The van der Waals surface area contributed by atoms with Crippen LogP contribution in [-0.4, -0.2) is 31.1 Å². The highest BCUT2D eigenvalue weighted by atomic mass is 16.7. The van der Waals surface area contributed by atoms with Crippen molar-refractivity contribution in [1.82, 2.24) is 0 Å². The standard InChI is InChI=1S/C11H18BNO2/c1-10(2)11(3,4)15-12(14-10)9-6-5-7-13-8-9/h6,8H,5,7H2,1-4H3. The second kappa shape index (κ2) is 3.46. The van der Waals surface area contributed by atoms with E-state index in [0.29, 0.717) is 0 Å². The average molecular weight is 207 g/mol. The lowest BCUT2D eigenvalue weighted by Crippen LogP contribution is -2.41. The van der Waals surface area contributed by atoms with Crippen LogP contribution in [0, 0.1) is 0 Å². The largest absolute Gasteiger partial charge is 0.496 e. The summed E-state index contributed by atoms with van der Waals surface area (Å²) in [7, 11) is -0.251. The zero-order chi connectivity index (χ0) is 11.1. The van der Waals surface area contributed by atoms with Crippen molar-refractivity contribution >= 4 is 13.3 Å². The normalized spacial score (nSPS) is 28.0. The van der Waals surface area contributed by atoms with E-state index in [1.165, 1.54) is 0 Å². The Kier molecular flexibility index (Phi) is 2.51. The Morgan fingerprint density at radius 3 is 2.27 bits per heavy atom. The molecule has 1 saturated heterocycles. The Morgan fingerprint density at radius 2 is 1.80 bits per heavy atom. The lowest BCUT2D eigenvalue weighted by atomic mass is 9.77. The number of nitrogens with zero attached hydrogens (tertiary/aromatic N) is 1. The Bertz CT molecular complexity index is 305. The molecule has 0 atom stereocenters. The number of rotatable bonds is 1. The van der Waals surface area contributed by atoms with E-state index in [0.717, 1.165) is 18.4 Å². The first-order valence-electron chi connectivity index (χ1n) is 5.48. The fourth-order valence-electron chi connectivity index (χ4n) is 1.66. The number of allylic oxidation sites excluding steroid dienone is 1. The maximum absolute atomic E-state index is 5.92. The maximum atomic E-state index is 5.92. The second-order valence-corrected chi connectivity index (χ2v) is 5.12. The van der Waals surface area contributed by atoms with Crippen LogP contribution in [-0.2, 0) is 9.31 Å². The monoisotopic (exact) mass is 207 g/mol. The number of aliphatic imine (C=N–C) groups is 1. The van der Waals surface area contributed by atoms with Crippen LogP contribution < -0.4 is 0 Å². The van der Waals surface area contributed by atoms with Crippen molar-refractivity contribution in [2.45, 2.75) is 45.3 Å². The van der Waals surface area contributed by atoms with Crippen molar-refractivity contribution in [3.05, 3.63) is 11.5 Å². The molecule has 2 heterocycles. The molecule has 0 aliphatic carbocycles. The quantitative estimate of drug-likeness (QED) is 0.616. The Balaban J connectivity index is 2.16. The van der Waals surface area contributed by atoms with Gasteiger partial charge in [-0.1, -0.05) is 6.08 Å². The summed E-state index contributed by atoms with van der Waals surface area (Å²) in [5.74, 6) is 0. The SMILES string of the molecule is CC1(C)OB(C2=CCCN=C2)OC1(C)C. The topological polar surface area (TPSA) is 30.8 Å². The van der Waals surface area contributed by atoms with Gasteiger partial charge in [0.25, 0.3) is 0 Å². The number of dihydropyridines is 1. The van der Waals surface area contributed by atoms with Crippen LogP contribution in [0.1, 0.15) is 34.1 Å². The smallest absolute Gasteiger partial charge is 0.399 e. The Labute approximate surface area is 91.7 Å². The molecule has 3 nitrogen and oxygen atoms in total. The first-order chi connectivity index (χ1) is 6.92. The highest BCUT2D eigenvalue weighted by molar-refractivity contribution is 6.60. The molecule has 82 valence electrons. The molecule has 2 aliphatic rings. The summed E-state index contributed by atoms with van der Waals surface area (Å²) in [5, 5.41) is 0. The van der Waals surface area contributed by atoms with E-state index >= 15 is 0 Å². The molecule has 4 heteroatoms. The van der Waals surface area contributed by atoms with Gasteiger partial charge in [0.1, 0.15) is 0 Å². The molecular formula is C11H18BNO2. The van der Waals surface area contributed by atoms with Crippen LogP contribution in [0.25, 0.3) is 0 Å². The molecule has 0 aromatic carbocycles. The van der Waals surface area contributed by atoms with Gasteiger partial charge in [-0.25, -0.2) is 0 Å². The lowest BCUT2D eigenvalue weighted by molar-refractivity contribution is 0.00578. The van der Waals surface area contributed by atoms with Crippen molar-refractivity contribution < 1.29 is 9.31 Å². The van der Waals surface area contributed by atoms with E-state index < -0.39 is 0 Å². The molecule has 1 fully saturated rings. The predicted molar refractivity (Wildman–Crippen MR) is 62.1 cm³/mol. The third-order valence-corrected chi connectivity index (χ3v) is 3.40.